The molecule has 0 saturated heterocycles. The van der Waals surface area contributed by atoms with Crippen LogP contribution < -0.4 is 9.64 Å². The first kappa shape index (κ1) is 13.0. The fourth-order valence-corrected chi connectivity index (χ4v) is 3.13. The van der Waals surface area contributed by atoms with Crippen molar-refractivity contribution in [1.29, 1.82) is 0 Å². The zero-order chi connectivity index (χ0) is 13.9. The SMILES string of the molecule is COc1cccc2c1C[C@@H](N(C)c1ccccc1)CC2. The lowest BCUT2D eigenvalue weighted by Crippen LogP contribution is -2.36. The van der Waals surface area contributed by atoms with Crippen molar-refractivity contribution in [2.75, 3.05) is 19.1 Å². The Bertz CT molecular complexity index is 565. The minimum atomic E-state index is 0.543. The molecule has 0 amide bonds. The highest BCUT2D eigenvalue weighted by Crippen LogP contribution is 2.32. The third kappa shape index (κ3) is 2.38. The van der Waals surface area contributed by atoms with E-state index >= 15 is 0 Å². The van der Waals surface area contributed by atoms with Gasteiger partial charge >= 0.3 is 0 Å². The molecular formula is C18H21NO. The molecule has 1 aliphatic rings. The molecule has 0 heterocycles. The van der Waals surface area contributed by atoms with Gasteiger partial charge < -0.3 is 9.64 Å². The second-order valence-electron chi connectivity index (χ2n) is 5.44. The van der Waals surface area contributed by atoms with Crippen LogP contribution >= 0.6 is 0 Å². The van der Waals surface area contributed by atoms with Crippen molar-refractivity contribution in [2.24, 2.45) is 0 Å². The van der Waals surface area contributed by atoms with E-state index in [-0.39, 0.29) is 0 Å². The van der Waals surface area contributed by atoms with E-state index in [2.05, 4.69) is 60.5 Å². The monoisotopic (exact) mass is 267 g/mol. The van der Waals surface area contributed by atoms with Crippen LogP contribution in [0.5, 0.6) is 5.75 Å². The van der Waals surface area contributed by atoms with Gasteiger partial charge in [0, 0.05) is 18.8 Å². The van der Waals surface area contributed by atoms with E-state index in [1.54, 1.807) is 7.11 Å². The van der Waals surface area contributed by atoms with Gasteiger partial charge in [0.05, 0.1) is 7.11 Å². The van der Waals surface area contributed by atoms with Crippen LogP contribution in [0.2, 0.25) is 0 Å². The summed E-state index contributed by atoms with van der Waals surface area (Å²) in [5.41, 5.74) is 4.12. The second-order valence-corrected chi connectivity index (χ2v) is 5.44. The van der Waals surface area contributed by atoms with Crippen LogP contribution in [0, 0.1) is 0 Å². The minimum absolute atomic E-state index is 0.543. The molecule has 0 aliphatic heterocycles. The van der Waals surface area contributed by atoms with Gasteiger partial charge in [-0.2, -0.15) is 0 Å². The Labute approximate surface area is 121 Å². The molecule has 1 aliphatic carbocycles. The van der Waals surface area contributed by atoms with E-state index < -0.39 is 0 Å². The number of nitrogens with zero attached hydrogens (tertiary/aromatic N) is 1. The van der Waals surface area contributed by atoms with Gasteiger partial charge in [-0.05, 0) is 48.6 Å². The Morgan fingerprint density at radius 2 is 1.85 bits per heavy atom. The average Bonchev–Trinajstić information content (AvgIpc) is 2.54. The number of fused-ring (bicyclic) bond motifs is 1. The van der Waals surface area contributed by atoms with Crippen molar-refractivity contribution in [1.82, 2.24) is 0 Å². The molecule has 2 nitrogen and oxygen atoms in total. The summed E-state index contributed by atoms with van der Waals surface area (Å²) < 4.78 is 5.53. The Kier molecular flexibility index (Phi) is 3.64. The van der Waals surface area contributed by atoms with Crippen molar-refractivity contribution < 1.29 is 4.74 Å². The van der Waals surface area contributed by atoms with E-state index in [1.807, 2.05) is 0 Å². The van der Waals surface area contributed by atoms with E-state index in [0.717, 1.165) is 18.6 Å². The third-order valence-electron chi connectivity index (χ3n) is 4.35. The quantitative estimate of drug-likeness (QED) is 0.841. The molecular weight excluding hydrogens is 246 g/mol. The largest absolute Gasteiger partial charge is 0.496 e. The first-order valence-corrected chi connectivity index (χ1v) is 7.22. The number of hydrogen-bond acceptors (Lipinski definition) is 2. The number of rotatable bonds is 3. The maximum atomic E-state index is 5.53. The number of benzene rings is 2. The van der Waals surface area contributed by atoms with Gasteiger partial charge in [-0.15, -0.1) is 0 Å². The van der Waals surface area contributed by atoms with Crippen LogP contribution in [0.3, 0.4) is 0 Å². The molecule has 2 heteroatoms. The molecule has 2 aromatic rings. The molecule has 0 N–H and O–H groups in total. The van der Waals surface area contributed by atoms with Gasteiger partial charge in [-0.25, -0.2) is 0 Å². The van der Waals surface area contributed by atoms with Crippen molar-refractivity contribution in [2.45, 2.75) is 25.3 Å². The van der Waals surface area contributed by atoms with Crippen LogP contribution in [-0.4, -0.2) is 20.2 Å². The summed E-state index contributed by atoms with van der Waals surface area (Å²) in [6.45, 7) is 0. The Balaban J connectivity index is 1.85. The van der Waals surface area contributed by atoms with E-state index in [1.165, 1.54) is 23.2 Å². The van der Waals surface area contributed by atoms with Gasteiger partial charge in [0.25, 0.3) is 0 Å². The zero-order valence-corrected chi connectivity index (χ0v) is 12.2. The van der Waals surface area contributed by atoms with E-state index in [9.17, 15) is 0 Å². The highest BCUT2D eigenvalue weighted by atomic mass is 16.5. The summed E-state index contributed by atoms with van der Waals surface area (Å²) in [6.07, 6.45) is 3.39. The topological polar surface area (TPSA) is 12.5 Å². The number of anilines is 1. The lowest BCUT2D eigenvalue weighted by atomic mass is 9.87. The lowest BCUT2D eigenvalue weighted by molar-refractivity contribution is 0.402. The summed E-state index contributed by atoms with van der Waals surface area (Å²) >= 11 is 0. The van der Waals surface area contributed by atoms with Crippen LogP contribution in [0.15, 0.2) is 48.5 Å². The molecule has 0 aromatic heterocycles. The van der Waals surface area contributed by atoms with E-state index in [0.29, 0.717) is 6.04 Å². The first-order valence-electron chi connectivity index (χ1n) is 7.22. The molecule has 0 radical (unpaired) electrons. The standard InChI is InChI=1S/C18H21NO/c1-19(15-8-4-3-5-9-15)16-12-11-14-7-6-10-18(20-2)17(14)13-16/h3-10,16H,11-13H2,1-2H3/t16-/m0/s1. The molecule has 0 fully saturated rings. The van der Waals surface area contributed by atoms with Crippen molar-refractivity contribution in [3.8, 4) is 5.75 Å². The van der Waals surface area contributed by atoms with Gasteiger partial charge in [-0.1, -0.05) is 30.3 Å². The number of methoxy groups -OCH3 is 1. The second kappa shape index (κ2) is 5.58. The predicted molar refractivity (Wildman–Crippen MR) is 83.7 cm³/mol. The normalized spacial score (nSPS) is 17.4. The lowest BCUT2D eigenvalue weighted by Gasteiger charge is -2.34. The molecule has 20 heavy (non-hydrogen) atoms. The Morgan fingerprint density at radius 1 is 1.05 bits per heavy atom. The molecule has 2 aromatic carbocycles. The van der Waals surface area contributed by atoms with E-state index in [4.69, 9.17) is 4.74 Å². The summed E-state index contributed by atoms with van der Waals surface area (Å²) in [5, 5.41) is 0. The molecule has 104 valence electrons. The predicted octanol–water partition coefficient (Wildman–Crippen LogP) is 3.69. The molecule has 0 bridgehead atoms. The number of ether oxygens (including phenoxy) is 1. The fourth-order valence-electron chi connectivity index (χ4n) is 3.13. The van der Waals surface area contributed by atoms with Crippen LogP contribution in [-0.2, 0) is 12.8 Å². The van der Waals surface area contributed by atoms with Crippen LogP contribution in [0.1, 0.15) is 17.5 Å². The summed E-state index contributed by atoms with van der Waals surface area (Å²) in [7, 11) is 3.96. The van der Waals surface area contributed by atoms with Gasteiger partial charge in [0.1, 0.15) is 5.75 Å². The van der Waals surface area contributed by atoms with Crippen LogP contribution in [0.25, 0.3) is 0 Å². The fraction of sp³-hybridized carbons (Fsp3) is 0.333. The first-order chi connectivity index (χ1) is 9.79. The molecule has 0 saturated carbocycles. The maximum absolute atomic E-state index is 5.53. The summed E-state index contributed by atoms with van der Waals surface area (Å²) in [4.78, 5) is 2.40. The molecule has 3 rings (SSSR count). The van der Waals surface area contributed by atoms with Gasteiger partial charge in [-0.3, -0.25) is 0 Å². The van der Waals surface area contributed by atoms with Crippen molar-refractivity contribution in [3.63, 3.8) is 0 Å². The molecule has 0 unspecified atom stereocenters. The third-order valence-corrected chi connectivity index (χ3v) is 4.35. The average molecular weight is 267 g/mol. The zero-order valence-electron chi connectivity index (χ0n) is 12.2. The Morgan fingerprint density at radius 3 is 2.60 bits per heavy atom. The summed E-state index contributed by atoms with van der Waals surface area (Å²) in [5.74, 6) is 1.04. The maximum Gasteiger partial charge on any atom is 0.122 e. The number of para-hydroxylation sites is 1. The summed E-state index contributed by atoms with van der Waals surface area (Å²) in [6, 6.07) is 17.6. The van der Waals surface area contributed by atoms with Gasteiger partial charge in [0.15, 0.2) is 0 Å². The highest BCUT2D eigenvalue weighted by Gasteiger charge is 2.24. The molecule has 0 spiro atoms. The van der Waals surface area contributed by atoms with Crippen molar-refractivity contribution >= 4 is 5.69 Å². The van der Waals surface area contributed by atoms with Crippen molar-refractivity contribution in [3.05, 3.63) is 59.7 Å². The van der Waals surface area contributed by atoms with Crippen LogP contribution in [0.4, 0.5) is 5.69 Å². The minimum Gasteiger partial charge on any atom is -0.496 e. The smallest absolute Gasteiger partial charge is 0.122 e. The number of hydrogen-bond donors (Lipinski definition) is 0. The van der Waals surface area contributed by atoms with Gasteiger partial charge in [0.2, 0.25) is 0 Å². The Hall–Kier alpha value is -1.96. The number of likely N-dealkylation sites (N-methyl/N-ethyl adjacent to an activating group) is 1. The number of aryl methyl sites for hydroxylation is 1. The molecule has 1 atom stereocenters. The highest BCUT2D eigenvalue weighted by molar-refractivity contribution is 5.49.